The monoisotopic (exact) mass is 638 g/mol. The minimum Gasteiger partial charge on any atom is -0.0987 e. The van der Waals surface area contributed by atoms with E-state index in [1.807, 2.05) is 12.2 Å². The number of hydrogen-bond acceptors (Lipinski definition) is 0. The van der Waals surface area contributed by atoms with Gasteiger partial charge in [-0.25, -0.2) is 0 Å². The van der Waals surface area contributed by atoms with E-state index in [1.54, 1.807) is 0 Å². The zero-order valence-electron chi connectivity index (χ0n) is 29.6. The van der Waals surface area contributed by atoms with Crippen molar-refractivity contribution in [1.82, 2.24) is 0 Å². The second-order valence-corrected chi connectivity index (χ2v) is 12.1. The predicted octanol–water partition coefficient (Wildman–Crippen LogP) is 13.6. The van der Waals surface area contributed by atoms with Gasteiger partial charge in [-0.15, -0.1) is 0 Å². The largest absolute Gasteiger partial charge is 0.0987 e. The van der Waals surface area contributed by atoms with Crippen molar-refractivity contribution in [1.29, 1.82) is 0 Å². The van der Waals surface area contributed by atoms with Gasteiger partial charge in [0.2, 0.25) is 0 Å². The molecule has 0 amide bonds. The van der Waals surface area contributed by atoms with Crippen LogP contribution in [-0.2, 0) is 5.41 Å². The molecule has 0 spiro atoms. The molecule has 0 saturated carbocycles. The van der Waals surface area contributed by atoms with Gasteiger partial charge in [-0.3, -0.25) is 0 Å². The Balaban J connectivity index is 1.94. The average molecular weight is 639 g/mol. The maximum atomic E-state index is 4.41. The van der Waals surface area contributed by atoms with Crippen LogP contribution in [0.15, 0.2) is 223 Å². The lowest BCUT2D eigenvalue weighted by molar-refractivity contribution is 0.690. The molecule has 4 rings (SSSR count). The highest BCUT2D eigenvalue weighted by molar-refractivity contribution is 5.82. The molecule has 1 aliphatic carbocycles. The number of benzene rings is 3. The van der Waals surface area contributed by atoms with E-state index in [-0.39, 0.29) is 0 Å². The standard InChI is InChI=1S/C49H50/c1-7-11-29-43(38-40-27-17-14-18-28-40)39(5)46(9-3)41(26-8-2)32-25-37-47(42-30-19-15-20-31-42)48(10-4)49(6,45-35-23-16-24-36-45)44-33-21-12-13-22-34-44/h8-21,23-38H,3-4,7,22H2,1-2,5-6H3/b26-8-,29-11-,37-25-,41-32+,43-38-,46-39-,48-47-. The summed E-state index contributed by atoms with van der Waals surface area (Å²) in [6, 6.07) is 31.9. The Morgan fingerprint density at radius 1 is 0.796 bits per heavy atom. The number of allylic oxidation sites excluding steroid dienone is 21. The van der Waals surface area contributed by atoms with Crippen molar-refractivity contribution in [2.24, 2.45) is 0 Å². The molecule has 0 N–H and O–H groups in total. The van der Waals surface area contributed by atoms with Crippen LogP contribution in [0.5, 0.6) is 0 Å². The Morgan fingerprint density at radius 3 is 2.10 bits per heavy atom. The lowest BCUT2D eigenvalue weighted by Crippen LogP contribution is -2.27. The van der Waals surface area contributed by atoms with Crippen LogP contribution in [0.3, 0.4) is 0 Å². The summed E-state index contributed by atoms with van der Waals surface area (Å²) in [7, 11) is 0. The molecule has 0 heterocycles. The van der Waals surface area contributed by atoms with Gasteiger partial charge < -0.3 is 0 Å². The summed E-state index contributed by atoms with van der Waals surface area (Å²) in [5.41, 5.74) is 11.1. The van der Waals surface area contributed by atoms with E-state index in [1.165, 1.54) is 27.8 Å². The summed E-state index contributed by atoms with van der Waals surface area (Å²) < 4.78 is 0. The Morgan fingerprint density at radius 2 is 1.47 bits per heavy atom. The first-order valence-corrected chi connectivity index (χ1v) is 17.3. The second-order valence-electron chi connectivity index (χ2n) is 12.1. The molecule has 0 radical (unpaired) electrons. The van der Waals surface area contributed by atoms with Crippen LogP contribution in [0, 0.1) is 0 Å². The molecule has 0 nitrogen and oxygen atoms in total. The van der Waals surface area contributed by atoms with Gasteiger partial charge in [0, 0.05) is 5.41 Å². The Kier molecular flexibility index (Phi) is 13.9. The van der Waals surface area contributed by atoms with E-state index >= 15 is 0 Å². The van der Waals surface area contributed by atoms with Crippen LogP contribution < -0.4 is 0 Å². The molecule has 3 aromatic carbocycles. The molecule has 0 aliphatic heterocycles. The van der Waals surface area contributed by atoms with E-state index < -0.39 is 5.41 Å². The van der Waals surface area contributed by atoms with Gasteiger partial charge in [0.15, 0.2) is 0 Å². The molecule has 1 aliphatic rings. The summed E-state index contributed by atoms with van der Waals surface area (Å²) >= 11 is 0. The normalized spacial score (nSPS) is 16.3. The molecule has 0 saturated heterocycles. The molecule has 0 fully saturated rings. The van der Waals surface area contributed by atoms with Crippen LogP contribution in [-0.4, -0.2) is 0 Å². The molecule has 0 aromatic heterocycles. The first-order chi connectivity index (χ1) is 24.0. The quantitative estimate of drug-likeness (QED) is 0.154. The molecule has 246 valence electrons. The third-order valence-electron chi connectivity index (χ3n) is 8.93. The lowest BCUT2D eigenvalue weighted by Gasteiger charge is -2.35. The van der Waals surface area contributed by atoms with Crippen LogP contribution >= 0.6 is 0 Å². The maximum absolute atomic E-state index is 4.41. The predicted molar refractivity (Wildman–Crippen MR) is 217 cm³/mol. The molecule has 1 unspecified atom stereocenters. The first kappa shape index (κ1) is 36.4. The summed E-state index contributed by atoms with van der Waals surface area (Å²) in [6.45, 7) is 17.4. The first-order valence-electron chi connectivity index (χ1n) is 17.3. The fraction of sp³-hybridized carbons (Fsp3) is 0.143. The summed E-state index contributed by atoms with van der Waals surface area (Å²) in [5.74, 6) is 0. The average Bonchev–Trinajstić information content (AvgIpc) is 3.44. The Bertz CT molecular complexity index is 1870. The van der Waals surface area contributed by atoms with Crippen molar-refractivity contribution in [3.8, 4) is 0 Å². The highest BCUT2D eigenvalue weighted by atomic mass is 14.4. The third kappa shape index (κ3) is 9.34. The van der Waals surface area contributed by atoms with Gasteiger partial charge in [-0.05, 0) is 95.4 Å². The SMILES string of the molecule is C=CC(=C(C)/C(/C=C\CC)=C\c1ccccc1)/C(/C=C\C)=C/C=C\C(=C(/C=C)C(C)(C1=CCC=CC=C1)c1ccccc1)c1ccccc1. The van der Waals surface area contributed by atoms with Crippen LogP contribution in [0.1, 0.15) is 57.2 Å². The van der Waals surface area contributed by atoms with E-state index in [0.29, 0.717) is 0 Å². The van der Waals surface area contributed by atoms with Crippen molar-refractivity contribution < 1.29 is 0 Å². The second kappa shape index (κ2) is 18.8. The zero-order chi connectivity index (χ0) is 34.9. The molecule has 0 bridgehead atoms. The Hall–Kier alpha value is -5.46. The van der Waals surface area contributed by atoms with Gasteiger partial charge >= 0.3 is 0 Å². The number of hydrogen-bond donors (Lipinski definition) is 0. The van der Waals surface area contributed by atoms with Gasteiger partial charge in [0.1, 0.15) is 0 Å². The van der Waals surface area contributed by atoms with E-state index in [0.717, 1.165) is 40.7 Å². The van der Waals surface area contributed by atoms with E-state index in [9.17, 15) is 0 Å². The molecular formula is C49H50. The van der Waals surface area contributed by atoms with Crippen molar-refractivity contribution >= 4 is 11.6 Å². The Labute approximate surface area is 296 Å². The van der Waals surface area contributed by atoms with Crippen molar-refractivity contribution in [2.75, 3.05) is 0 Å². The maximum Gasteiger partial charge on any atom is 0.0426 e. The van der Waals surface area contributed by atoms with E-state index in [2.05, 4.69) is 211 Å². The smallest absolute Gasteiger partial charge is 0.0426 e. The highest BCUT2D eigenvalue weighted by Crippen LogP contribution is 2.44. The molecular weight excluding hydrogens is 589 g/mol. The minimum atomic E-state index is -0.442. The van der Waals surface area contributed by atoms with Crippen LogP contribution in [0.4, 0.5) is 0 Å². The summed E-state index contributed by atoms with van der Waals surface area (Å²) in [4.78, 5) is 0. The number of rotatable bonds is 14. The topological polar surface area (TPSA) is 0 Å². The molecule has 0 heteroatoms. The zero-order valence-corrected chi connectivity index (χ0v) is 29.6. The lowest BCUT2D eigenvalue weighted by atomic mass is 9.67. The molecule has 3 aromatic rings. The third-order valence-corrected chi connectivity index (χ3v) is 8.93. The summed E-state index contributed by atoms with van der Waals surface area (Å²) in [5, 5.41) is 0. The van der Waals surface area contributed by atoms with Crippen molar-refractivity contribution in [3.05, 3.63) is 239 Å². The fourth-order valence-corrected chi connectivity index (χ4v) is 6.30. The van der Waals surface area contributed by atoms with Gasteiger partial charge in [-0.1, -0.05) is 196 Å². The highest BCUT2D eigenvalue weighted by Gasteiger charge is 2.34. The van der Waals surface area contributed by atoms with E-state index in [4.69, 9.17) is 0 Å². The molecule has 1 atom stereocenters. The van der Waals surface area contributed by atoms with Crippen LogP contribution in [0.25, 0.3) is 11.6 Å². The van der Waals surface area contributed by atoms with Crippen LogP contribution in [0.2, 0.25) is 0 Å². The molecule has 49 heavy (non-hydrogen) atoms. The van der Waals surface area contributed by atoms with Gasteiger partial charge in [-0.2, -0.15) is 0 Å². The summed E-state index contributed by atoms with van der Waals surface area (Å²) in [6.07, 6.45) is 34.5. The van der Waals surface area contributed by atoms with Gasteiger partial charge in [0.05, 0.1) is 0 Å². The fourth-order valence-electron chi connectivity index (χ4n) is 6.30. The van der Waals surface area contributed by atoms with Crippen molar-refractivity contribution in [3.63, 3.8) is 0 Å². The van der Waals surface area contributed by atoms with Crippen molar-refractivity contribution in [2.45, 2.75) is 46.0 Å². The minimum absolute atomic E-state index is 0.442. The van der Waals surface area contributed by atoms with Gasteiger partial charge in [0.25, 0.3) is 0 Å².